The van der Waals surface area contributed by atoms with Crippen molar-refractivity contribution in [1.29, 1.82) is 0 Å². The number of hydrogen-bond acceptors (Lipinski definition) is 4. The summed E-state index contributed by atoms with van der Waals surface area (Å²) < 4.78 is 20.3. The molecule has 1 saturated heterocycles. The number of carboxylic acids is 1. The molecule has 6 nitrogen and oxygen atoms in total. The van der Waals surface area contributed by atoms with Gasteiger partial charge in [0.25, 0.3) is 0 Å². The van der Waals surface area contributed by atoms with Gasteiger partial charge in [-0.05, 0) is 79.3 Å². The average Bonchev–Trinajstić information content (AvgIpc) is 3.46. The number of aromatic carboxylic acids is 1. The lowest BCUT2D eigenvalue weighted by Crippen LogP contribution is -2.29. The van der Waals surface area contributed by atoms with Gasteiger partial charge in [-0.2, -0.15) is 0 Å². The fourth-order valence-electron chi connectivity index (χ4n) is 4.14. The molecule has 0 spiro atoms. The smallest absolute Gasteiger partial charge is 0.335 e. The highest BCUT2D eigenvalue weighted by Gasteiger charge is 2.42. The first-order valence-electron chi connectivity index (χ1n) is 10.6. The maximum atomic E-state index is 14.0. The van der Waals surface area contributed by atoms with Crippen molar-refractivity contribution in [2.75, 3.05) is 4.90 Å². The number of carboxylic acid groups (broad SMARTS) is 1. The number of thiocarbonyl (C=S) groups is 1. The second kappa shape index (κ2) is 8.72. The summed E-state index contributed by atoms with van der Waals surface area (Å²) in [6.45, 7) is 1.71. The van der Waals surface area contributed by atoms with E-state index in [4.69, 9.17) is 21.7 Å². The van der Waals surface area contributed by atoms with E-state index in [1.165, 1.54) is 18.2 Å². The van der Waals surface area contributed by atoms with Gasteiger partial charge in [0.2, 0.25) is 0 Å². The number of hydrogen-bond donors (Lipinski definition) is 2. The molecule has 0 saturated carbocycles. The Bertz CT molecular complexity index is 1370. The van der Waals surface area contributed by atoms with Crippen LogP contribution in [-0.4, -0.2) is 21.2 Å². The number of nitrogens with zero attached hydrogens (tertiary/aromatic N) is 2. The number of aryl methyl sites for hydroxylation is 1. The standard InChI is InChI=1S/C26H20FN3O3S/c1-15-14-18(9-10-19(15)27)30-24(23(29-26(30)34)20-4-2-3-13-28-20)22-12-11-21(33-22)16-5-7-17(8-6-16)25(31)32/h2-14,23-24H,1H3,(H,29,34)(H,31,32)/t23-,24-/m0/s1. The second-order valence-electron chi connectivity index (χ2n) is 8.01. The van der Waals surface area contributed by atoms with Crippen LogP contribution in [0.3, 0.4) is 0 Å². The minimum absolute atomic E-state index is 0.203. The number of pyridine rings is 1. The fraction of sp³-hybridized carbons (Fsp3) is 0.115. The van der Waals surface area contributed by atoms with Gasteiger partial charge in [-0.25, -0.2) is 9.18 Å². The van der Waals surface area contributed by atoms with Gasteiger partial charge in [0.15, 0.2) is 5.11 Å². The number of furan rings is 1. The molecule has 0 aliphatic carbocycles. The van der Waals surface area contributed by atoms with Crippen LogP contribution in [0.2, 0.25) is 0 Å². The summed E-state index contributed by atoms with van der Waals surface area (Å²) in [7, 11) is 0. The van der Waals surface area contributed by atoms with Crippen molar-refractivity contribution in [2.24, 2.45) is 0 Å². The number of nitrogens with one attached hydrogen (secondary N) is 1. The van der Waals surface area contributed by atoms with E-state index >= 15 is 0 Å². The SMILES string of the molecule is Cc1cc(N2C(=S)N[C@@H](c3ccccn3)[C@@H]2c2ccc(-c3ccc(C(=O)O)cc3)o2)ccc1F. The topological polar surface area (TPSA) is 78.6 Å². The lowest BCUT2D eigenvalue weighted by Gasteiger charge is -2.26. The van der Waals surface area contributed by atoms with Crippen molar-refractivity contribution in [2.45, 2.75) is 19.0 Å². The molecule has 1 aliphatic heterocycles. The van der Waals surface area contributed by atoms with Gasteiger partial charge < -0.3 is 19.7 Å². The van der Waals surface area contributed by atoms with Crippen molar-refractivity contribution in [3.8, 4) is 11.3 Å². The summed E-state index contributed by atoms with van der Waals surface area (Å²) in [4.78, 5) is 17.6. The van der Waals surface area contributed by atoms with Crippen LogP contribution in [0.15, 0.2) is 83.4 Å². The van der Waals surface area contributed by atoms with Crippen molar-refractivity contribution >= 4 is 29.0 Å². The molecule has 2 N–H and O–H groups in total. The predicted octanol–water partition coefficient (Wildman–Crippen LogP) is 5.66. The van der Waals surface area contributed by atoms with Crippen molar-refractivity contribution in [3.05, 3.63) is 107 Å². The first-order chi connectivity index (χ1) is 16.4. The van der Waals surface area contributed by atoms with Gasteiger partial charge in [-0.1, -0.05) is 18.2 Å². The quantitative estimate of drug-likeness (QED) is 0.362. The van der Waals surface area contributed by atoms with Gasteiger partial charge in [-0.3, -0.25) is 4.98 Å². The highest BCUT2D eigenvalue weighted by atomic mass is 32.1. The maximum Gasteiger partial charge on any atom is 0.335 e. The average molecular weight is 474 g/mol. The maximum absolute atomic E-state index is 14.0. The summed E-state index contributed by atoms with van der Waals surface area (Å²) in [5, 5.41) is 13.0. The molecule has 4 aromatic rings. The van der Waals surface area contributed by atoms with Crippen LogP contribution in [0.25, 0.3) is 11.3 Å². The number of benzene rings is 2. The first-order valence-corrected chi connectivity index (χ1v) is 11.0. The highest BCUT2D eigenvalue weighted by molar-refractivity contribution is 7.80. The molecular formula is C26H20FN3O3S. The van der Waals surface area contributed by atoms with Crippen LogP contribution in [0, 0.1) is 12.7 Å². The van der Waals surface area contributed by atoms with Gasteiger partial charge in [-0.15, -0.1) is 0 Å². The van der Waals surface area contributed by atoms with E-state index in [0.29, 0.717) is 22.2 Å². The molecular weight excluding hydrogens is 453 g/mol. The summed E-state index contributed by atoms with van der Waals surface area (Å²) in [6, 6.07) is 20.1. The highest BCUT2D eigenvalue weighted by Crippen LogP contribution is 2.43. The zero-order chi connectivity index (χ0) is 23.8. The van der Waals surface area contributed by atoms with E-state index in [-0.39, 0.29) is 23.5 Å². The largest absolute Gasteiger partial charge is 0.478 e. The predicted molar refractivity (Wildman–Crippen MR) is 130 cm³/mol. The Kier molecular flexibility index (Phi) is 5.59. The summed E-state index contributed by atoms with van der Waals surface area (Å²) in [5.41, 5.74) is 3.00. The van der Waals surface area contributed by atoms with Gasteiger partial charge in [0, 0.05) is 17.4 Å². The molecule has 34 heavy (non-hydrogen) atoms. The van der Waals surface area contributed by atoms with Crippen molar-refractivity contribution in [3.63, 3.8) is 0 Å². The van der Waals surface area contributed by atoms with E-state index in [1.54, 1.807) is 37.4 Å². The molecule has 170 valence electrons. The summed E-state index contributed by atoms with van der Waals surface area (Å²) in [5.74, 6) is -0.0348. The molecule has 0 radical (unpaired) electrons. The number of halogens is 1. The Labute approximate surface area is 200 Å². The Morgan fingerprint density at radius 1 is 1.12 bits per heavy atom. The first kappa shape index (κ1) is 21.8. The third-order valence-electron chi connectivity index (χ3n) is 5.85. The number of rotatable bonds is 5. The van der Waals surface area contributed by atoms with E-state index in [2.05, 4.69) is 10.3 Å². The number of carbonyl (C=O) groups is 1. The van der Waals surface area contributed by atoms with E-state index in [1.807, 2.05) is 35.2 Å². The van der Waals surface area contributed by atoms with Crippen LogP contribution in [0.4, 0.5) is 10.1 Å². The molecule has 1 fully saturated rings. The minimum Gasteiger partial charge on any atom is -0.478 e. The summed E-state index contributed by atoms with van der Waals surface area (Å²) in [6.07, 6.45) is 1.72. The van der Waals surface area contributed by atoms with Crippen LogP contribution < -0.4 is 10.2 Å². The summed E-state index contributed by atoms with van der Waals surface area (Å²) >= 11 is 5.69. The molecule has 8 heteroatoms. The molecule has 5 rings (SSSR count). The van der Waals surface area contributed by atoms with Crippen LogP contribution in [0.1, 0.15) is 39.5 Å². The third-order valence-corrected chi connectivity index (χ3v) is 6.17. The molecule has 3 heterocycles. The fourth-order valence-corrected chi connectivity index (χ4v) is 4.49. The van der Waals surface area contributed by atoms with Gasteiger partial charge in [0.1, 0.15) is 23.4 Å². The zero-order valence-corrected chi connectivity index (χ0v) is 18.9. The van der Waals surface area contributed by atoms with Crippen LogP contribution in [0.5, 0.6) is 0 Å². The normalized spacial score (nSPS) is 17.6. The molecule has 2 aromatic heterocycles. The number of aromatic nitrogens is 1. The Balaban J connectivity index is 1.57. The third kappa shape index (κ3) is 3.92. The van der Waals surface area contributed by atoms with Crippen LogP contribution >= 0.6 is 12.2 Å². The molecule has 2 aromatic carbocycles. The van der Waals surface area contributed by atoms with Crippen molar-refractivity contribution < 1.29 is 18.7 Å². The monoisotopic (exact) mass is 473 g/mol. The van der Waals surface area contributed by atoms with Gasteiger partial charge >= 0.3 is 5.97 Å². The zero-order valence-electron chi connectivity index (χ0n) is 18.1. The van der Waals surface area contributed by atoms with Gasteiger partial charge in [0.05, 0.1) is 17.3 Å². The number of anilines is 1. The minimum atomic E-state index is -0.985. The van der Waals surface area contributed by atoms with E-state index in [0.717, 1.165) is 16.9 Å². The van der Waals surface area contributed by atoms with Crippen molar-refractivity contribution in [1.82, 2.24) is 10.3 Å². The molecule has 0 bridgehead atoms. The Hall–Kier alpha value is -4.04. The van der Waals surface area contributed by atoms with E-state index in [9.17, 15) is 9.18 Å². The van der Waals surface area contributed by atoms with Crippen LogP contribution in [-0.2, 0) is 0 Å². The molecule has 2 atom stereocenters. The molecule has 0 amide bonds. The lowest BCUT2D eigenvalue weighted by molar-refractivity contribution is 0.0697. The second-order valence-corrected chi connectivity index (χ2v) is 8.40. The Morgan fingerprint density at radius 3 is 2.59 bits per heavy atom. The Morgan fingerprint density at radius 2 is 1.91 bits per heavy atom. The lowest BCUT2D eigenvalue weighted by atomic mass is 10.0. The van der Waals surface area contributed by atoms with E-state index < -0.39 is 5.97 Å². The molecule has 0 unspecified atom stereocenters. The molecule has 1 aliphatic rings.